The average molecular weight is 227 g/mol. The lowest BCUT2D eigenvalue weighted by Gasteiger charge is -2.18. The van der Waals surface area contributed by atoms with Crippen molar-refractivity contribution in [2.75, 3.05) is 6.54 Å². The molecule has 2 heterocycles. The topological polar surface area (TPSA) is 25.2 Å². The summed E-state index contributed by atoms with van der Waals surface area (Å²) in [6, 6.07) is 15.2. The van der Waals surface area contributed by atoms with E-state index in [1.165, 1.54) is 5.56 Å². The highest BCUT2D eigenvalue weighted by Crippen LogP contribution is 2.38. The van der Waals surface area contributed by atoms with Gasteiger partial charge in [-0.3, -0.25) is 0 Å². The molecule has 0 amide bonds. The van der Waals surface area contributed by atoms with Gasteiger partial charge < -0.3 is 9.73 Å². The van der Waals surface area contributed by atoms with E-state index in [1.54, 1.807) is 0 Å². The second-order valence-electron chi connectivity index (χ2n) is 4.69. The molecule has 0 saturated carbocycles. The zero-order valence-corrected chi connectivity index (χ0v) is 10.0. The van der Waals surface area contributed by atoms with Crippen molar-refractivity contribution in [1.82, 2.24) is 5.32 Å². The number of hydrogen-bond acceptors (Lipinski definition) is 2. The van der Waals surface area contributed by atoms with Crippen molar-refractivity contribution in [2.24, 2.45) is 0 Å². The van der Waals surface area contributed by atoms with Crippen molar-refractivity contribution >= 4 is 0 Å². The summed E-state index contributed by atoms with van der Waals surface area (Å²) < 4.78 is 5.78. The molecule has 0 bridgehead atoms. The summed E-state index contributed by atoms with van der Waals surface area (Å²) in [7, 11) is 0. The Bertz CT molecular complexity index is 489. The first kappa shape index (κ1) is 10.6. The minimum absolute atomic E-state index is 0.391. The zero-order valence-electron chi connectivity index (χ0n) is 10.0. The second kappa shape index (κ2) is 4.38. The molecule has 1 saturated heterocycles. The molecule has 2 heteroatoms. The first-order chi connectivity index (χ1) is 8.34. The third-order valence-corrected chi connectivity index (χ3v) is 3.51. The van der Waals surface area contributed by atoms with Crippen LogP contribution in [0, 0.1) is 6.92 Å². The van der Waals surface area contributed by atoms with Gasteiger partial charge in [0, 0.05) is 12.0 Å². The van der Waals surface area contributed by atoms with Crippen molar-refractivity contribution in [3.05, 3.63) is 59.5 Å². The van der Waals surface area contributed by atoms with E-state index in [-0.39, 0.29) is 0 Å². The standard InChI is InChI=1S/C15H17NO/c1-11-7-8-14(17-11)13-9-10-16-15(13)12-5-3-2-4-6-12/h2-8,13,15-16H,9-10H2,1H3. The Hall–Kier alpha value is -1.54. The molecule has 1 aromatic heterocycles. The van der Waals surface area contributed by atoms with Gasteiger partial charge in [-0.05, 0) is 37.6 Å². The fourth-order valence-corrected chi connectivity index (χ4v) is 2.67. The molecule has 0 radical (unpaired) electrons. The molecule has 17 heavy (non-hydrogen) atoms. The number of aryl methyl sites for hydroxylation is 1. The van der Waals surface area contributed by atoms with Gasteiger partial charge in [0.25, 0.3) is 0 Å². The molecule has 0 spiro atoms. The number of furan rings is 1. The second-order valence-corrected chi connectivity index (χ2v) is 4.69. The Kier molecular flexibility index (Phi) is 2.73. The van der Waals surface area contributed by atoms with E-state index < -0.39 is 0 Å². The Morgan fingerprint density at radius 1 is 1.12 bits per heavy atom. The minimum atomic E-state index is 0.391. The summed E-state index contributed by atoms with van der Waals surface area (Å²) in [5.74, 6) is 2.58. The maximum absolute atomic E-state index is 5.78. The Morgan fingerprint density at radius 2 is 1.94 bits per heavy atom. The molecule has 2 unspecified atom stereocenters. The smallest absolute Gasteiger partial charge is 0.109 e. The van der Waals surface area contributed by atoms with Crippen molar-refractivity contribution < 1.29 is 4.42 Å². The molecule has 1 aromatic carbocycles. The van der Waals surface area contributed by atoms with E-state index in [4.69, 9.17) is 4.42 Å². The SMILES string of the molecule is Cc1ccc(C2CCNC2c2ccccc2)o1. The van der Waals surface area contributed by atoms with Crippen LogP contribution in [0.2, 0.25) is 0 Å². The molecular weight excluding hydrogens is 210 g/mol. The van der Waals surface area contributed by atoms with Crippen molar-refractivity contribution in [3.63, 3.8) is 0 Å². The van der Waals surface area contributed by atoms with Gasteiger partial charge in [0.1, 0.15) is 11.5 Å². The van der Waals surface area contributed by atoms with Gasteiger partial charge in [-0.15, -0.1) is 0 Å². The van der Waals surface area contributed by atoms with Gasteiger partial charge in [-0.1, -0.05) is 30.3 Å². The van der Waals surface area contributed by atoms with Crippen LogP contribution < -0.4 is 5.32 Å². The Labute approximate surface area is 102 Å². The van der Waals surface area contributed by atoms with E-state index >= 15 is 0 Å². The largest absolute Gasteiger partial charge is 0.466 e. The van der Waals surface area contributed by atoms with Gasteiger partial charge in [0.2, 0.25) is 0 Å². The van der Waals surface area contributed by atoms with Crippen LogP contribution in [0.25, 0.3) is 0 Å². The fraction of sp³-hybridized carbons (Fsp3) is 0.333. The summed E-state index contributed by atoms with van der Waals surface area (Å²) >= 11 is 0. The van der Waals surface area contributed by atoms with Crippen LogP contribution in [0.1, 0.15) is 35.5 Å². The number of nitrogens with one attached hydrogen (secondary N) is 1. The summed E-state index contributed by atoms with van der Waals surface area (Å²) in [5, 5.41) is 3.57. The fourth-order valence-electron chi connectivity index (χ4n) is 2.67. The van der Waals surface area contributed by atoms with Crippen LogP contribution in [-0.2, 0) is 0 Å². The lowest BCUT2D eigenvalue weighted by atomic mass is 9.92. The van der Waals surface area contributed by atoms with Crippen LogP contribution in [0.15, 0.2) is 46.9 Å². The van der Waals surface area contributed by atoms with E-state index in [9.17, 15) is 0 Å². The number of rotatable bonds is 2. The van der Waals surface area contributed by atoms with Gasteiger partial charge in [-0.2, -0.15) is 0 Å². The van der Waals surface area contributed by atoms with E-state index in [1.807, 2.05) is 6.92 Å². The first-order valence-corrected chi connectivity index (χ1v) is 6.19. The van der Waals surface area contributed by atoms with E-state index in [2.05, 4.69) is 47.8 Å². The van der Waals surface area contributed by atoms with Gasteiger partial charge >= 0.3 is 0 Å². The quantitative estimate of drug-likeness (QED) is 0.850. The highest BCUT2D eigenvalue weighted by atomic mass is 16.3. The van der Waals surface area contributed by atoms with Gasteiger partial charge in [0.15, 0.2) is 0 Å². The van der Waals surface area contributed by atoms with Gasteiger partial charge in [0.05, 0.1) is 0 Å². The molecule has 2 nitrogen and oxygen atoms in total. The molecule has 1 N–H and O–H groups in total. The van der Waals surface area contributed by atoms with Crippen molar-refractivity contribution in [2.45, 2.75) is 25.3 Å². The summed E-state index contributed by atoms with van der Waals surface area (Å²) in [6.07, 6.45) is 1.15. The van der Waals surface area contributed by atoms with Crippen LogP contribution in [0.4, 0.5) is 0 Å². The van der Waals surface area contributed by atoms with Crippen molar-refractivity contribution in [1.29, 1.82) is 0 Å². The monoisotopic (exact) mass is 227 g/mol. The van der Waals surface area contributed by atoms with Crippen LogP contribution >= 0.6 is 0 Å². The average Bonchev–Trinajstić information content (AvgIpc) is 2.98. The molecule has 3 rings (SSSR count). The molecule has 1 aliphatic rings. The molecule has 2 aromatic rings. The first-order valence-electron chi connectivity index (χ1n) is 6.19. The third kappa shape index (κ3) is 2.01. The molecule has 0 aliphatic carbocycles. The summed E-state index contributed by atoms with van der Waals surface area (Å²) in [4.78, 5) is 0. The highest BCUT2D eigenvalue weighted by molar-refractivity contribution is 5.26. The maximum atomic E-state index is 5.78. The maximum Gasteiger partial charge on any atom is 0.109 e. The van der Waals surface area contributed by atoms with Crippen molar-refractivity contribution in [3.8, 4) is 0 Å². The van der Waals surface area contributed by atoms with E-state index in [0.717, 1.165) is 24.5 Å². The normalized spacial score (nSPS) is 24.1. The molecule has 1 fully saturated rings. The van der Waals surface area contributed by atoms with E-state index in [0.29, 0.717) is 12.0 Å². The molecule has 88 valence electrons. The summed E-state index contributed by atoms with van der Waals surface area (Å²) in [5.41, 5.74) is 1.35. The van der Waals surface area contributed by atoms with Crippen LogP contribution in [0.5, 0.6) is 0 Å². The predicted molar refractivity (Wildman–Crippen MR) is 68.0 cm³/mol. The number of benzene rings is 1. The Balaban J connectivity index is 1.90. The zero-order chi connectivity index (χ0) is 11.7. The summed E-state index contributed by atoms with van der Waals surface area (Å²) in [6.45, 7) is 3.06. The predicted octanol–water partition coefficient (Wildman–Crippen LogP) is 3.41. The van der Waals surface area contributed by atoms with Crippen LogP contribution in [-0.4, -0.2) is 6.54 Å². The lowest BCUT2D eigenvalue weighted by Crippen LogP contribution is -2.16. The van der Waals surface area contributed by atoms with Gasteiger partial charge in [-0.25, -0.2) is 0 Å². The highest BCUT2D eigenvalue weighted by Gasteiger charge is 2.31. The van der Waals surface area contributed by atoms with Crippen LogP contribution in [0.3, 0.4) is 0 Å². The minimum Gasteiger partial charge on any atom is -0.466 e. The molecule has 1 aliphatic heterocycles. The molecule has 2 atom stereocenters. The lowest BCUT2D eigenvalue weighted by molar-refractivity contribution is 0.421. The number of hydrogen-bond donors (Lipinski definition) is 1. The molecular formula is C15H17NO. The third-order valence-electron chi connectivity index (χ3n) is 3.51. The Morgan fingerprint density at radius 3 is 2.65 bits per heavy atom.